The number of urea groups is 1. The Morgan fingerprint density at radius 3 is 2.10 bits per heavy atom. The molecule has 18 nitrogen and oxygen atoms in total. The number of imide groups is 2. The first kappa shape index (κ1) is 68.1. The Bertz CT molecular complexity index is 3380. The van der Waals surface area contributed by atoms with Crippen LogP contribution in [0, 0.1) is 23.2 Å². The summed E-state index contributed by atoms with van der Waals surface area (Å²) in [6.45, 7) is 15.0. The molecule has 5 aromatic carbocycles. The molecule has 5 aromatic rings. The molecular formula is C72H93N7O11S. The number of fused-ring (bicyclic) bond motifs is 2. The van der Waals surface area contributed by atoms with Crippen LogP contribution in [0.3, 0.4) is 0 Å². The number of phenols is 2. The number of likely N-dealkylation sites (N-methyl/N-ethyl adjacent to an activating group) is 1. The topological polar surface area (TPSA) is 234 Å². The zero-order valence-electron chi connectivity index (χ0n) is 54.3. The molecule has 13 rings (SSSR count). The van der Waals surface area contributed by atoms with Crippen LogP contribution in [0.1, 0.15) is 115 Å². The number of rotatable bonds is 14. The minimum absolute atomic E-state index is 0.0454. The SMILES string of the molecule is C=CCC1(CC(C)C)C(=O)NC(=O)NC1=O.CC(=O)Nc1ccc(O)cc1.CC(CN1c2ccccc2Sc2ccccc21)N(C)C.COc1cccc([C@@]2(O)CCCC[C@@H]2CN(C)C)c1.O=C1CC[C@@]2(O)[C@H]3Cc4ccc(O)c5c4[C@@]2(CCN3CC2CC2)[C@H]1O5. The van der Waals surface area contributed by atoms with Crippen LogP contribution in [0.2, 0.25) is 0 Å². The molecule has 7 atom stereocenters. The van der Waals surface area contributed by atoms with Crippen LogP contribution in [0.4, 0.5) is 21.9 Å². The molecule has 5 fully saturated rings. The number of para-hydroxylation sites is 2. The smallest absolute Gasteiger partial charge is 0.328 e. The van der Waals surface area contributed by atoms with Gasteiger partial charge in [0, 0.05) is 72.0 Å². The van der Waals surface area contributed by atoms with Gasteiger partial charge in [-0.25, -0.2) is 4.79 Å². The number of benzene rings is 5. The summed E-state index contributed by atoms with van der Waals surface area (Å²) in [6, 6.07) is 35.0. The quantitative estimate of drug-likeness (QED) is 0.0311. The number of anilines is 3. The van der Waals surface area contributed by atoms with Crippen molar-refractivity contribution in [3.05, 3.63) is 139 Å². The van der Waals surface area contributed by atoms with E-state index in [9.17, 15) is 39.3 Å². The summed E-state index contributed by atoms with van der Waals surface area (Å²) in [5.74, 6) is 1.69. The molecule has 4 aliphatic heterocycles. The Morgan fingerprint density at radius 2 is 1.51 bits per heavy atom. The first-order valence-corrected chi connectivity index (χ1v) is 32.9. The maximum Gasteiger partial charge on any atom is 0.328 e. The molecule has 4 aliphatic carbocycles. The summed E-state index contributed by atoms with van der Waals surface area (Å²) < 4.78 is 11.3. The van der Waals surface area contributed by atoms with Gasteiger partial charge in [0.15, 0.2) is 23.4 Å². The van der Waals surface area contributed by atoms with Gasteiger partial charge in [-0.05, 0) is 189 Å². The number of likely N-dealkylation sites (tertiary alicyclic amines) is 1. The summed E-state index contributed by atoms with van der Waals surface area (Å²) >= 11 is 1.87. The number of carbonyl (C=O) groups excluding carboxylic acids is 5. The minimum atomic E-state index is -1.19. The van der Waals surface area contributed by atoms with E-state index in [1.54, 1.807) is 25.3 Å². The number of nitrogens with one attached hydrogen (secondary N) is 3. The van der Waals surface area contributed by atoms with E-state index in [0.29, 0.717) is 42.7 Å². The Balaban J connectivity index is 0.000000138. The summed E-state index contributed by atoms with van der Waals surface area (Å²) in [5, 5.41) is 49.2. The number of aliphatic hydroxyl groups is 2. The van der Waals surface area contributed by atoms with Crippen LogP contribution < -0.4 is 30.3 Å². The summed E-state index contributed by atoms with van der Waals surface area (Å²) in [4.78, 5) is 69.9. The molecule has 2 bridgehead atoms. The number of Topliss-reactive ketones (excluding diaryl/α,β-unsaturated/α-hetero) is 1. The first-order chi connectivity index (χ1) is 43.4. The van der Waals surface area contributed by atoms with E-state index in [2.05, 4.69) is 126 Å². The molecule has 7 N–H and O–H groups in total. The van der Waals surface area contributed by atoms with Crippen LogP contribution in [0.15, 0.2) is 132 Å². The number of phenolic OH excluding ortho intramolecular Hbond substituents is 2. The third-order valence-corrected chi connectivity index (χ3v) is 20.5. The van der Waals surface area contributed by atoms with Crippen molar-refractivity contribution in [3.63, 3.8) is 0 Å². The molecule has 91 heavy (non-hydrogen) atoms. The lowest BCUT2D eigenvalue weighted by molar-refractivity contribution is -0.188. The predicted octanol–water partition coefficient (Wildman–Crippen LogP) is 10.7. The highest BCUT2D eigenvalue weighted by atomic mass is 32.2. The Labute approximate surface area is 540 Å². The van der Waals surface area contributed by atoms with Gasteiger partial charge < -0.3 is 49.9 Å². The molecule has 5 amide bonds. The number of methoxy groups -OCH3 is 1. The molecule has 0 aromatic heterocycles. The van der Waals surface area contributed by atoms with Gasteiger partial charge in [0.25, 0.3) is 0 Å². The average molecular weight is 1260 g/mol. The van der Waals surface area contributed by atoms with Gasteiger partial charge in [0.05, 0.1) is 35.1 Å². The van der Waals surface area contributed by atoms with Gasteiger partial charge in [-0.2, -0.15) is 0 Å². The normalized spacial score (nSPS) is 24.9. The number of carbonyl (C=O) groups is 5. The maximum atomic E-state index is 12.7. The number of nitrogens with zero attached hydrogens (tertiary/aromatic N) is 4. The molecular weight excluding hydrogens is 1170 g/mol. The van der Waals surface area contributed by atoms with E-state index in [-0.39, 0.29) is 41.6 Å². The van der Waals surface area contributed by atoms with E-state index in [1.807, 2.05) is 55.9 Å². The molecule has 1 spiro atoms. The molecule has 8 aliphatic rings. The zero-order valence-corrected chi connectivity index (χ0v) is 55.1. The van der Waals surface area contributed by atoms with E-state index >= 15 is 0 Å². The number of ether oxygens (including phenoxy) is 2. The van der Waals surface area contributed by atoms with Crippen molar-refractivity contribution >= 4 is 58.4 Å². The molecule has 488 valence electrons. The monoisotopic (exact) mass is 1260 g/mol. The van der Waals surface area contributed by atoms with Crippen LogP contribution in [-0.4, -0.2) is 150 Å². The Morgan fingerprint density at radius 1 is 0.846 bits per heavy atom. The molecule has 19 heteroatoms. The van der Waals surface area contributed by atoms with Gasteiger partial charge in [-0.1, -0.05) is 87.0 Å². The number of piperidine rings is 1. The van der Waals surface area contributed by atoms with Crippen molar-refractivity contribution in [3.8, 4) is 23.0 Å². The Hall–Kier alpha value is -7.26. The van der Waals surface area contributed by atoms with Crippen molar-refractivity contribution in [2.24, 2.45) is 23.2 Å². The standard InChI is InChI=1S/C20H23NO4.C17H20N2S.C16H25NO2.C11H16N2O3.C8H9NO2/c22-13-4-3-12-9-15-20(24)6-5-14(23)18-19(20,16(12)17(13)25-18)7-8-21(15)10-11-1-2-11;1-13(18(2)3)12-19-14-8-4-6-10-16(14)20-17-11-7-5-9-15(17)19;1-17(2)12-14-7-4-5-10-16(14,18)13-8-6-9-15(11-13)19-3;1-4-5-11(6-7(2)3)8(14)12-10(16)13-9(11)15;1-6(10)9-7-2-4-8(11)5-3-7/h3-4,11,15,18,22,24H,1-2,5-10H2;4-11,13H,12H2,1-3H3;6,8-9,11,14,18H,4-5,7,10,12H2,1-3H3;4,7H,1,5-6H2,2-3H3,(H2,12,13,14,15,16);2-5,11H,1H3,(H,9,10)/t15-,18+,19+,20-;;14-,16+;;/m1.1../s1. The molecule has 3 saturated carbocycles. The lowest BCUT2D eigenvalue weighted by Crippen LogP contribution is -2.76. The fourth-order valence-electron chi connectivity index (χ4n) is 14.6. The summed E-state index contributed by atoms with van der Waals surface area (Å²) in [7, 11) is 10.1. The number of allylic oxidation sites excluding steroid dienone is 1. The van der Waals surface area contributed by atoms with E-state index in [0.717, 1.165) is 86.6 Å². The zero-order chi connectivity index (χ0) is 65.6. The largest absolute Gasteiger partial charge is 0.508 e. The van der Waals surface area contributed by atoms with E-state index in [1.165, 1.54) is 65.6 Å². The fourth-order valence-corrected chi connectivity index (χ4v) is 15.7. The Kier molecular flexibility index (Phi) is 21.5. The lowest BCUT2D eigenvalue weighted by atomic mass is 9.49. The van der Waals surface area contributed by atoms with Crippen molar-refractivity contribution in [1.82, 2.24) is 25.3 Å². The summed E-state index contributed by atoms with van der Waals surface area (Å²) in [5.41, 5.74) is 2.89. The second kappa shape index (κ2) is 28.7. The molecule has 1 unspecified atom stereocenters. The number of aromatic hydroxyl groups is 2. The summed E-state index contributed by atoms with van der Waals surface area (Å²) in [6.07, 6.45) is 10.7. The number of amides is 5. The van der Waals surface area contributed by atoms with Crippen molar-refractivity contribution in [1.29, 1.82) is 0 Å². The molecule has 0 radical (unpaired) electrons. The van der Waals surface area contributed by atoms with Crippen LogP contribution >= 0.6 is 11.8 Å². The third-order valence-electron chi connectivity index (χ3n) is 19.4. The van der Waals surface area contributed by atoms with Crippen molar-refractivity contribution < 1.29 is 53.9 Å². The first-order valence-electron chi connectivity index (χ1n) is 32.0. The number of barbiturate groups is 1. The van der Waals surface area contributed by atoms with Crippen LogP contribution in [0.5, 0.6) is 23.0 Å². The number of ketones is 1. The number of hydrogen-bond donors (Lipinski definition) is 7. The van der Waals surface area contributed by atoms with Gasteiger partial charge >= 0.3 is 6.03 Å². The second-order valence-corrected chi connectivity index (χ2v) is 27.8. The highest BCUT2D eigenvalue weighted by Crippen LogP contribution is 2.65. The molecule has 2 saturated heterocycles. The number of hydrogen-bond acceptors (Lipinski definition) is 16. The lowest BCUT2D eigenvalue weighted by Gasteiger charge is -2.62. The van der Waals surface area contributed by atoms with Crippen LogP contribution in [0.25, 0.3) is 0 Å². The van der Waals surface area contributed by atoms with Crippen LogP contribution in [-0.2, 0) is 36.6 Å². The highest BCUT2D eigenvalue weighted by Gasteiger charge is 2.73. The van der Waals surface area contributed by atoms with Gasteiger partial charge in [0.1, 0.15) is 16.9 Å². The van der Waals surface area contributed by atoms with Crippen molar-refractivity contribution in [2.75, 3.05) is 71.7 Å². The van der Waals surface area contributed by atoms with E-state index < -0.39 is 46.0 Å². The highest BCUT2D eigenvalue weighted by molar-refractivity contribution is 7.99. The van der Waals surface area contributed by atoms with Gasteiger partial charge in [0.2, 0.25) is 17.7 Å². The van der Waals surface area contributed by atoms with Crippen molar-refractivity contribution in [2.45, 2.75) is 149 Å². The molecule has 4 heterocycles. The fraction of sp³-hybridized carbons (Fsp3) is 0.486. The van der Waals surface area contributed by atoms with Gasteiger partial charge in [-0.3, -0.25) is 34.7 Å². The third kappa shape index (κ3) is 14.5. The maximum absolute atomic E-state index is 12.7. The average Bonchev–Trinajstić information content (AvgIpc) is 1.59. The minimum Gasteiger partial charge on any atom is -0.508 e. The van der Waals surface area contributed by atoms with Gasteiger partial charge in [-0.15, -0.1) is 6.58 Å². The second-order valence-electron chi connectivity index (χ2n) is 26.7. The van der Waals surface area contributed by atoms with E-state index in [4.69, 9.17) is 14.6 Å². The predicted molar refractivity (Wildman–Crippen MR) is 355 cm³/mol.